The van der Waals surface area contributed by atoms with E-state index >= 15 is 0 Å². The number of rotatable bonds is 8. The highest BCUT2D eigenvalue weighted by Crippen LogP contribution is 2.33. The minimum atomic E-state index is -4.44. The van der Waals surface area contributed by atoms with E-state index in [1.165, 1.54) is 12.3 Å². The summed E-state index contributed by atoms with van der Waals surface area (Å²) in [4.78, 5) is 7.87. The van der Waals surface area contributed by atoms with Crippen molar-refractivity contribution in [2.24, 2.45) is 4.99 Å². The third-order valence-electron chi connectivity index (χ3n) is 3.93. The van der Waals surface area contributed by atoms with Crippen molar-refractivity contribution in [3.8, 4) is 5.75 Å². The molecule has 0 saturated carbocycles. The van der Waals surface area contributed by atoms with Crippen LogP contribution in [0.2, 0.25) is 0 Å². The van der Waals surface area contributed by atoms with Crippen LogP contribution in [0.1, 0.15) is 11.1 Å². The molecule has 0 saturated heterocycles. The van der Waals surface area contributed by atoms with Gasteiger partial charge < -0.3 is 20.7 Å². The molecule has 0 aliphatic carbocycles. The summed E-state index contributed by atoms with van der Waals surface area (Å²) in [6.45, 7) is 1.27. The highest BCUT2D eigenvalue weighted by molar-refractivity contribution is 5.79. The van der Waals surface area contributed by atoms with Gasteiger partial charge in [0.1, 0.15) is 11.6 Å². The van der Waals surface area contributed by atoms with Gasteiger partial charge in [-0.1, -0.05) is 18.2 Å². The standard InChI is InChI=1S/C19H24F3N5O/c1-23-18(26-11-9-14-6-3-4-8-16(14)28-2)27-13-12-25-17-15(19(20,21)22)7-5-10-24-17/h3-8,10H,9,11-13H2,1-2H3,(H,24,25)(H2,23,26,27). The predicted molar refractivity (Wildman–Crippen MR) is 104 cm³/mol. The number of benzene rings is 1. The lowest BCUT2D eigenvalue weighted by molar-refractivity contribution is -0.137. The number of anilines is 1. The van der Waals surface area contributed by atoms with Crippen LogP contribution in [0.3, 0.4) is 0 Å². The van der Waals surface area contributed by atoms with Crippen LogP contribution < -0.4 is 20.7 Å². The number of alkyl halides is 3. The molecule has 28 heavy (non-hydrogen) atoms. The van der Waals surface area contributed by atoms with E-state index < -0.39 is 11.7 Å². The van der Waals surface area contributed by atoms with E-state index in [0.29, 0.717) is 19.0 Å². The number of para-hydroxylation sites is 1. The van der Waals surface area contributed by atoms with Crippen LogP contribution in [0, 0.1) is 0 Å². The van der Waals surface area contributed by atoms with E-state index in [0.717, 1.165) is 23.8 Å². The third-order valence-corrected chi connectivity index (χ3v) is 3.93. The molecule has 1 aromatic heterocycles. The lowest BCUT2D eigenvalue weighted by Crippen LogP contribution is -2.40. The molecule has 1 aromatic carbocycles. The first-order valence-corrected chi connectivity index (χ1v) is 8.78. The van der Waals surface area contributed by atoms with Gasteiger partial charge in [-0.25, -0.2) is 4.98 Å². The molecule has 0 unspecified atom stereocenters. The van der Waals surface area contributed by atoms with Gasteiger partial charge in [-0.15, -0.1) is 0 Å². The lowest BCUT2D eigenvalue weighted by Gasteiger charge is -2.15. The largest absolute Gasteiger partial charge is 0.496 e. The van der Waals surface area contributed by atoms with Crippen molar-refractivity contribution in [3.63, 3.8) is 0 Å². The van der Waals surface area contributed by atoms with Gasteiger partial charge in [-0.2, -0.15) is 13.2 Å². The van der Waals surface area contributed by atoms with Crippen LogP contribution in [0.25, 0.3) is 0 Å². The number of aromatic nitrogens is 1. The number of ether oxygens (including phenoxy) is 1. The van der Waals surface area contributed by atoms with Gasteiger partial charge >= 0.3 is 6.18 Å². The summed E-state index contributed by atoms with van der Waals surface area (Å²) in [5.74, 6) is 1.21. The Balaban J connectivity index is 1.76. The summed E-state index contributed by atoms with van der Waals surface area (Å²) < 4.78 is 44.1. The number of pyridine rings is 1. The molecule has 0 radical (unpaired) electrons. The minimum absolute atomic E-state index is 0.184. The minimum Gasteiger partial charge on any atom is -0.496 e. The number of halogens is 3. The van der Waals surface area contributed by atoms with E-state index in [-0.39, 0.29) is 12.4 Å². The van der Waals surface area contributed by atoms with Crippen LogP contribution in [0.4, 0.5) is 19.0 Å². The highest BCUT2D eigenvalue weighted by Gasteiger charge is 2.33. The van der Waals surface area contributed by atoms with E-state index in [2.05, 4.69) is 25.9 Å². The molecule has 3 N–H and O–H groups in total. The van der Waals surface area contributed by atoms with E-state index in [9.17, 15) is 13.2 Å². The normalized spacial score (nSPS) is 11.8. The van der Waals surface area contributed by atoms with Gasteiger partial charge in [-0.3, -0.25) is 4.99 Å². The monoisotopic (exact) mass is 395 g/mol. The Morgan fingerprint density at radius 2 is 1.82 bits per heavy atom. The zero-order chi connectivity index (χ0) is 20.4. The van der Waals surface area contributed by atoms with E-state index in [1.807, 2.05) is 24.3 Å². The van der Waals surface area contributed by atoms with Crippen LogP contribution in [-0.4, -0.2) is 44.7 Å². The first-order chi connectivity index (χ1) is 13.5. The summed E-state index contributed by atoms with van der Waals surface area (Å²) >= 11 is 0. The fourth-order valence-corrected chi connectivity index (χ4v) is 2.58. The van der Waals surface area contributed by atoms with Crippen LogP contribution >= 0.6 is 0 Å². The Bertz CT molecular complexity index is 780. The molecule has 0 fully saturated rings. The van der Waals surface area contributed by atoms with Crippen molar-refractivity contribution in [3.05, 3.63) is 53.7 Å². The van der Waals surface area contributed by atoms with Gasteiger partial charge in [0, 0.05) is 32.9 Å². The number of aliphatic imine (C=N–C) groups is 1. The van der Waals surface area contributed by atoms with Crippen LogP contribution in [0.5, 0.6) is 5.75 Å². The summed E-state index contributed by atoms with van der Waals surface area (Å²) in [5, 5.41) is 8.92. The molecule has 0 aliphatic rings. The second-order valence-corrected chi connectivity index (χ2v) is 5.81. The molecular weight excluding hydrogens is 371 g/mol. The molecule has 0 atom stereocenters. The van der Waals surface area contributed by atoms with Crippen molar-refractivity contribution < 1.29 is 17.9 Å². The van der Waals surface area contributed by atoms with Crippen molar-refractivity contribution in [2.75, 3.05) is 39.1 Å². The maximum absolute atomic E-state index is 12.9. The number of hydrogen-bond donors (Lipinski definition) is 3. The Labute approximate surface area is 162 Å². The van der Waals surface area contributed by atoms with Crippen molar-refractivity contribution in [1.82, 2.24) is 15.6 Å². The molecule has 2 aromatic rings. The van der Waals surface area contributed by atoms with E-state index in [1.54, 1.807) is 14.2 Å². The highest BCUT2D eigenvalue weighted by atomic mass is 19.4. The summed E-state index contributed by atoms with van der Waals surface area (Å²) in [6.07, 6.45) is -2.38. The number of hydrogen-bond acceptors (Lipinski definition) is 4. The zero-order valence-corrected chi connectivity index (χ0v) is 15.8. The van der Waals surface area contributed by atoms with E-state index in [4.69, 9.17) is 4.74 Å². The van der Waals surface area contributed by atoms with Crippen molar-refractivity contribution in [1.29, 1.82) is 0 Å². The van der Waals surface area contributed by atoms with Gasteiger partial charge in [0.25, 0.3) is 0 Å². The maximum Gasteiger partial charge on any atom is 0.419 e. The first kappa shape index (κ1) is 21.3. The Morgan fingerprint density at radius 3 is 2.54 bits per heavy atom. The summed E-state index contributed by atoms with van der Waals surface area (Å²) in [6, 6.07) is 10.0. The molecule has 152 valence electrons. The smallest absolute Gasteiger partial charge is 0.419 e. The Morgan fingerprint density at radius 1 is 1.07 bits per heavy atom. The molecule has 0 amide bonds. The van der Waals surface area contributed by atoms with Gasteiger partial charge in [0.05, 0.1) is 12.7 Å². The Kier molecular flexibility index (Phi) is 7.91. The van der Waals surface area contributed by atoms with Crippen LogP contribution in [-0.2, 0) is 12.6 Å². The summed E-state index contributed by atoms with van der Waals surface area (Å²) in [7, 11) is 3.26. The maximum atomic E-state index is 12.9. The second-order valence-electron chi connectivity index (χ2n) is 5.81. The number of guanidine groups is 1. The molecule has 2 rings (SSSR count). The molecular formula is C19H24F3N5O. The summed E-state index contributed by atoms with van der Waals surface area (Å²) in [5.41, 5.74) is 0.291. The molecule has 0 bridgehead atoms. The van der Waals surface area contributed by atoms with Crippen molar-refractivity contribution in [2.45, 2.75) is 12.6 Å². The molecule has 1 heterocycles. The van der Waals surface area contributed by atoms with Gasteiger partial charge in [-0.05, 0) is 30.2 Å². The predicted octanol–water partition coefficient (Wildman–Crippen LogP) is 2.93. The molecule has 6 nitrogen and oxygen atoms in total. The fourth-order valence-electron chi connectivity index (χ4n) is 2.58. The average Bonchev–Trinajstić information content (AvgIpc) is 2.69. The fraction of sp³-hybridized carbons (Fsp3) is 0.368. The average molecular weight is 395 g/mol. The van der Waals surface area contributed by atoms with Crippen molar-refractivity contribution >= 4 is 11.8 Å². The topological polar surface area (TPSA) is 70.6 Å². The number of nitrogens with one attached hydrogen (secondary N) is 3. The number of nitrogens with zero attached hydrogens (tertiary/aromatic N) is 2. The Hall–Kier alpha value is -2.97. The number of methoxy groups -OCH3 is 1. The quantitative estimate of drug-likeness (QED) is 0.364. The second kappa shape index (κ2) is 10.4. The molecule has 0 aliphatic heterocycles. The third kappa shape index (κ3) is 6.33. The lowest BCUT2D eigenvalue weighted by atomic mass is 10.1. The van der Waals surface area contributed by atoms with Crippen LogP contribution in [0.15, 0.2) is 47.6 Å². The van der Waals surface area contributed by atoms with Gasteiger partial charge in [0.2, 0.25) is 0 Å². The first-order valence-electron chi connectivity index (χ1n) is 8.78. The molecule has 9 heteroatoms. The zero-order valence-electron chi connectivity index (χ0n) is 15.8. The molecule has 0 spiro atoms. The SMILES string of the molecule is CN=C(NCCNc1ncccc1C(F)(F)F)NCCc1ccccc1OC. The van der Waals surface area contributed by atoms with Gasteiger partial charge in [0.15, 0.2) is 5.96 Å².